The van der Waals surface area contributed by atoms with Gasteiger partial charge in [0.25, 0.3) is 11.8 Å². The number of rotatable bonds is 10. The van der Waals surface area contributed by atoms with Gasteiger partial charge in [0.15, 0.2) is 5.60 Å². The highest BCUT2D eigenvalue weighted by Crippen LogP contribution is 2.22. The van der Waals surface area contributed by atoms with Gasteiger partial charge in [-0.2, -0.15) is 0 Å². The lowest BCUT2D eigenvalue weighted by molar-refractivity contribution is -0.143. The summed E-state index contributed by atoms with van der Waals surface area (Å²) in [5.74, 6) is -1.44. The molecule has 0 aromatic heterocycles. The van der Waals surface area contributed by atoms with Crippen molar-refractivity contribution in [3.05, 3.63) is 107 Å². The van der Waals surface area contributed by atoms with Gasteiger partial charge in [-0.05, 0) is 40.5 Å². The number of nitrogens with zero attached hydrogens (tertiary/aromatic N) is 1. The Morgan fingerprint density at radius 3 is 1.89 bits per heavy atom. The molecule has 6 N–H and O–H groups in total. The smallest absolute Gasteiger partial charge is 0.407 e. The number of ether oxygens (including phenoxy) is 1. The van der Waals surface area contributed by atoms with Crippen molar-refractivity contribution in [3.8, 4) is 0 Å². The number of hydrogen-bond acceptors (Lipinski definition) is 7. The Labute approximate surface area is 259 Å². The van der Waals surface area contributed by atoms with Gasteiger partial charge in [0.2, 0.25) is 0 Å². The monoisotopic (exact) mass is 604 g/mol. The normalized spacial score (nSPS) is 14.8. The minimum Gasteiger partial charge on any atom is -0.453 e. The first-order valence-electron chi connectivity index (χ1n) is 14.6. The summed E-state index contributed by atoms with van der Waals surface area (Å²) in [5.41, 5.74) is 9.93. The average Bonchev–Trinajstić information content (AvgIpc) is 3.36. The quantitative estimate of drug-likeness (QED) is 0.223. The molecule has 0 aliphatic heterocycles. The molecule has 4 rings (SSSR count). The molecule has 1 aliphatic rings. The Bertz CT molecular complexity index is 1350. The molecule has 0 fully saturated rings. The summed E-state index contributed by atoms with van der Waals surface area (Å²) < 4.78 is 4.66. The molecule has 0 radical (unpaired) electrons. The number of aliphatic hydroxyl groups excluding tert-OH is 1. The number of benzene rings is 3. The van der Waals surface area contributed by atoms with Gasteiger partial charge in [0.1, 0.15) is 6.04 Å². The molecule has 0 heterocycles. The Kier molecular flexibility index (Phi) is 12.0. The highest BCUT2D eigenvalue weighted by molar-refractivity contribution is 5.86. The second kappa shape index (κ2) is 15.5. The third kappa shape index (κ3) is 10.2. The van der Waals surface area contributed by atoms with E-state index in [4.69, 9.17) is 5.73 Å². The van der Waals surface area contributed by atoms with E-state index in [-0.39, 0.29) is 25.6 Å². The third-order valence-corrected chi connectivity index (χ3v) is 7.34. The highest BCUT2D eigenvalue weighted by atomic mass is 16.5. The van der Waals surface area contributed by atoms with Crippen LogP contribution in [0.1, 0.15) is 43.0 Å². The number of carbonyl (C=O) groups is 3. The second-order valence-electron chi connectivity index (χ2n) is 12.1. The van der Waals surface area contributed by atoms with Crippen LogP contribution in [0.5, 0.6) is 0 Å². The minimum absolute atomic E-state index is 0.0343. The van der Waals surface area contributed by atoms with Crippen molar-refractivity contribution >= 4 is 17.9 Å². The summed E-state index contributed by atoms with van der Waals surface area (Å²) in [6, 6.07) is 25.5. The van der Waals surface area contributed by atoms with Crippen LogP contribution in [0.25, 0.3) is 0 Å². The zero-order chi connectivity index (χ0) is 32.3. The van der Waals surface area contributed by atoms with Crippen molar-refractivity contribution in [1.82, 2.24) is 15.8 Å². The molecule has 10 heteroatoms. The molecule has 3 aromatic carbocycles. The molecule has 0 spiro atoms. The van der Waals surface area contributed by atoms with Gasteiger partial charge < -0.3 is 26.0 Å². The van der Waals surface area contributed by atoms with Crippen molar-refractivity contribution in [2.75, 3.05) is 13.7 Å². The van der Waals surface area contributed by atoms with Gasteiger partial charge in [-0.25, -0.2) is 9.80 Å². The Balaban J connectivity index is 0.000000440. The van der Waals surface area contributed by atoms with Crippen LogP contribution in [0.4, 0.5) is 4.79 Å². The number of methoxy groups -OCH3 is 1. The number of nitrogens with two attached hydrogens (primary N) is 1. The number of aliphatic hydroxyl groups is 2. The Morgan fingerprint density at radius 1 is 0.909 bits per heavy atom. The fourth-order valence-electron chi connectivity index (χ4n) is 5.02. The zero-order valence-corrected chi connectivity index (χ0v) is 25.8. The van der Waals surface area contributed by atoms with Crippen LogP contribution in [0.15, 0.2) is 84.9 Å². The fourth-order valence-corrected chi connectivity index (χ4v) is 5.02. The first-order chi connectivity index (χ1) is 20.8. The summed E-state index contributed by atoms with van der Waals surface area (Å²) in [5, 5.41) is 24.5. The Morgan fingerprint density at radius 2 is 1.41 bits per heavy atom. The number of hydrazine groups is 1. The molecule has 0 saturated heterocycles. The maximum atomic E-state index is 13.2. The lowest BCUT2D eigenvalue weighted by Gasteiger charge is -2.35. The molecule has 0 bridgehead atoms. The van der Waals surface area contributed by atoms with E-state index in [0.717, 1.165) is 24.0 Å². The van der Waals surface area contributed by atoms with Crippen LogP contribution in [0, 0.1) is 5.41 Å². The van der Waals surface area contributed by atoms with Crippen LogP contribution in [-0.4, -0.2) is 64.5 Å². The summed E-state index contributed by atoms with van der Waals surface area (Å²) in [6.45, 7) is 5.30. The van der Waals surface area contributed by atoms with Crippen molar-refractivity contribution in [2.24, 2.45) is 11.1 Å². The molecule has 3 amide bonds. The summed E-state index contributed by atoms with van der Waals surface area (Å²) in [7, 11) is 1.21. The van der Waals surface area contributed by atoms with Crippen LogP contribution < -0.4 is 16.5 Å². The number of amides is 3. The molecule has 2 atom stereocenters. The number of primary amides is 1. The van der Waals surface area contributed by atoms with E-state index in [0.29, 0.717) is 0 Å². The zero-order valence-electron chi connectivity index (χ0n) is 25.8. The van der Waals surface area contributed by atoms with Gasteiger partial charge >= 0.3 is 6.09 Å². The van der Waals surface area contributed by atoms with Crippen molar-refractivity contribution in [2.45, 2.75) is 64.3 Å². The molecule has 3 aromatic rings. The fraction of sp³-hybridized carbons (Fsp3) is 0.382. The predicted molar refractivity (Wildman–Crippen MR) is 168 cm³/mol. The van der Waals surface area contributed by atoms with E-state index in [2.05, 4.69) is 27.6 Å². The first kappa shape index (κ1) is 34.2. The molecule has 236 valence electrons. The van der Waals surface area contributed by atoms with E-state index in [1.54, 1.807) is 45.0 Å². The summed E-state index contributed by atoms with van der Waals surface area (Å²) in [4.78, 5) is 37.4. The Hall–Kier alpha value is -4.25. The molecular formula is C34H44N4O6. The van der Waals surface area contributed by atoms with E-state index in [1.807, 2.05) is 48.5 Å². The van der Waals surface area contributed by atoms with Gasteiger partial charge in [-0.15, -0.1) is 0 Å². The molecule has 1 aliphatic carbocycles. The lowest BCUT2D eigenvalue weighted by atomic mass is 9.86. The van der Waals surface area contributed by atoms with E-state index in [1.165, 1.54) is 23.2 Å². The van der Waals surface area contributed by atoms with E-state index in [9.17, 15) is 24.6 Å². The highest BCUT2D eigenvalue weighted by Gasteiger charge is 2.39. The maximum Gasteiger partial charge on any atom is 0.407 e. The number of alkyl carbamates (subject to hydrolysis) is 1. The third-order valence-electron chi connectivity index (χ3n) is 7.34. The summed E-state index contributed by atoms with van der Waals surface area (Å²) >= 11 is 0. The second-order valence-corrected chi connectivity index (χ2v) is 12.1. The molecule has 10 nitrogen and oxygen atoms in total. The average molecular weight is 605 g/mol. The van der Waals surface area contributed by atoms with Gasteiger partial charge in [0.05, 0.1) is 19.8 Å². The lowest BCUT2D eigenvalue weighted by Crippen LogP contribution is -2.61. The standard InChI is InChI=1S/C25H34N4O5.C9H10O/c1-24(2,3)20(27-23(32)34-4)21(30)28-29(16-19-13-9-6-10-14-19)17-25(33,22(26)31)15-18-11-7-5-8-12-18;10-9-5-7-3-1-2-4-8(7)6-9/h5-14,20,33H,15-17H2,1-4H3,(H2,26,31)(H,27,32)(H,28,30);1-4,9-10H,5-6H2/t20?,25-;/m1./s1. The molecule has 0 saturated carbocycles. The molecular weight excluding hydrogens is 560 g/mol. The van der Waals surface area contributed by atoms with Crippen LogP contribution >= 0.6 is 0 Å². The van der Waals surface area contributed by atoms with E-state index >= 15 is 0 Å². The summed E-state index contributed by atoms with van der Waals surface area (Å²) in [6.07, 6.45) is 0.777. The topological polar surface area (TPSA) is 154 Å². The van der Waals surface area contributed by atoms with Gasteiger partial charge in [0, 0.05) is 13.0 Å². The van der Waals surface area contributed by atoms with E-state index < -0.39 is 35.0 Å². The number of hydrogen-bond donors (Lipinski definition) is 5. The van der Waals surface area contributed by atoms with Gasteiger partial charge in [-0.3, -0.25) is 15.0 Å². The largest absolute Gasteiger partial charge is 0.453 e. The SMILES string of the molecule is COC(=O)NC(C(=O)NN(Cc1ccccc1)C[C@](O)(Cc1ccccc1)C(N)=O)C(C)(C)C.OC1Cc2ccccc2C1. The maximum absolute atomic E-state index is 13.2. The van der Waals surface area contributed by atoms with Crippen LogP contribution in [0.2, 0.25) is 0 Å². The minimum atomic E-state index is -1.96. The van der Waals surface area contributed by atoms with Gasteiger partial charge in [-0.1, -0.05) is 106 Å². The number of fused-ring (bicyclic) bond motifs is 1. The first-order valence-corrected chi connectivity index (χ1v) is 14.6. The number of carbonyl (C=O) groups excluding carboxylic acids is 3. The van der Waals surface area contributed by atoms with Crippen LogP contribution in [-0.2, 0) is 40.1 Å². The van der Waals surface area contributed by atoms with Crippen LogP contribution in [0.3, 0.4) is 0 Å². The van der Waals surface area contributed by atoms with Crippen molar-refractivity contribution < 1.29 is 29.3 Å². The molecule has 44 heavy (non-hydrogen) atoms. The van der Waals surface area contributed by atoms with Crippen molar-refractivity contribution in [1.29, 1.82) is 0 Å². The van der Waals surface area contributed by atoms with Crippen molar-refractivity contribution in [3.63, 3.8) is 0 Å². The predicted octanol–water partition coefficient (Wildman–Crippen LogP) is 2.90. The number of nitrogens with one attached hydrogen (secondary N) is 2. The molecule has 1 unspecified atom stereocenters.